The number of rotatable bonds is 3. The molecule has 0 unspecified atom stereocenters. The smallest absolute Gasteiger partial charge is 0.481 e. The second-order valence-electron chi connectivity index (χ2n) is 2.74. The van der Waals surface area contributed by atoms with Crippen LogP contribution in [-0.2, 0) is 0 Å². The minimum absolute atomic E-state index is 0. The van der Waals surface area contributed by atoms with Crippen LogP contribution in [0.1, 0.15) is 12.0 Å². The molecule has 0 atom stereocenters. The molecule has 0 fully saturated rings. The minimum Gasteiger partial charge on any atom is -0.481 e. The van der Waals surface area contributed by atoms with Crippen molar-refractivity contribution in [2.24, 2.45) is 0 Å². The summed E-state index contributed by atoms with van der Waals surface area (Å²) >= 11 is 0. The minimum atomic E-state index is -5.32. The third-order valence-corrected chi connectivity index (χ3v) is 1.71. The van der Waals surface area contributed by atoms with Gasteiger partial charge in [0.25, 0.3) is 6.43 Å². The molecule has 2 nitrogen and oxygen atoms in total. The van der Waals surface area contributed by atoms with Crippen LogP contribution in [0.2, 0.25) is 0 Å². The average Bonchev–Trinajstić information content (AvgIpc) is 2.15. The van der Waals surface area contributed by atoms with Crippen molar-refractivity contribution in [2.75, 3.05) is 7.11 Å². The van der Waals surface area contributed by atoms with Crippen molar-refractivity contribution in [3.63, 3.8) is 0 Å². The number of ether oxygens (including phenoxy) is 1. The maximum atomic E-state index is 12.3. The van der Waals surface area contributed by atoms with Gasteiger partial charge in [0.2, 0.25) is 5.88 Å². The fourth-order valence-corrected chi connectivity index (χ4v) is 0.992. The first-order valence-corrected chi connectivity index (χ1v) is 3.88. The van der Waals surface area contributed by atoms with Gasteiger partial charge in [0.1, 0.15) is 0 Å². The van der Waals surface area contributed by atoms with Crippen LogP contribution < -0.4 is 61.6 Å². The maximum Gasteiger partial charge on any atom is 1.00 e. The van der Waals surface area contributed by atoms with Gasteiger partial charge in [-0.15, -0.1) is 0 Å². The summed E-state index contributed by atoms with van der Waals surface area (Å²) in [5, 5.41) is 0. The molecule has 0 bridgehead atoms. The molecule has 0 aliphatic carbocycles. The maximum absolute atomic E-state index is 12.3. The topological polar surface area (TPSA) is 22.1 Å². The van der Waals surface area contributed by atoms with E-state index in [2.05, 4.69) is 9.72 Å². The molecule has 1 rings (SSSR count). The molecule has 0 aliphatic rings. The summed E-state index contributed by atoms with van der Waals surface area (Å²) in [6, 6.07) is 0.358. The summed E-state index contributed by atoms with van der Waals surface area (Å²) in [7, 11) is 1.06. The monoisotopic (exact) mass is 265 g/mol. The van der Waals surface area contributed by atoms with Crippen LogP contribution in [0.4, 0.5) is 21.7 Å². The predicted molar refractivity (Wildman–Crippen MR) is 44.5 cm³/mol. The Labute approximate surface area is 131 Å². The van der Waals surface area contributed by atoms with Crippen molar-refractivity contribution in [3.05, 3.63) is 17.8 Å². The van der Waals surface area contributed by atoms with Gasteiger partial charge in [-0.3, -0.25) is 0 Å². The molecular formula is C7H6BF5KNO. The second kappa shape index (κ2) is 6.29. The van der Waals surface area contributed by atoms with Crippen molar-refractivity contribution in [1.82, 2.24) is 4.98 Å². The number of halogens is 5. The summed E-state index contributed by atoms with van der Waals surface area (Å²) in [6.07, 6.45) is -2.57. The Morgan fingerprint density at radius 1 is 1.31 bits per heavy atom. The number of nitrogens with zero attached hydrogens (tertiary/aromatic N) is 1. The van der Waals surface area contributed by atoms with E-state index in [0.29, 0.717) is 12.3 Å². The van der Waals surface area contributed by atoms with E-state index in [1.807, 2.05) is 0 Å². The molecule has 0 aromatic carbocycles. The van der Waals surface area contributed by atoms with Gasteiger partial charge >= 0.3 is 58.4 Å². The third kappa shape index (κ3) is 3.95. The van der Waals surface area contributed by atoms with E-state index in [0.717, 1.165) is 7.11 Å². The number of hydrogen-bond acceptors (Lipinski definition) is 2. The fraction of sp³-hybridized carbons (Fsp3) is 0.286. The van der Waals surface area contributed by atoms with Crippen molar-refractivity contribution in [3.8, 4) is 5.88 Å². The number of pyridine rings is 1. The Balaban J connectivity index is 0.00000225. The molecule has 0 aliphatic heterocycles. The summed E-state index contributed by atoms with van der Waals surface area (Å²) in [6.45, 7) is -5.32. The standard InChI is InChI=1S/C7H6BF5NO.K/c1-15-7-5(6(9)10)2-4(3-14-7)8(11,12)13;/h2-3,6H,1H3;/q-1;+1. The number of hydrogen-bond donors (Lipinski definition) is 0. The Bertz CT molecular complexity index is 359. The van der Waals surface area contributed by atoms with Gasteiger partial charge in [0, 0.05) is 6.20 Å². The molecule has 0 N–H and O–H groups in total. The fourth-order valence-electron chi connectivity index (χ4n) is 0.992. The van der Waals surface area contributed by atoms with E-state index in [1.165, 1.54) is 0 Å². The zero-order valence-electron chi connectivity index (χ0n) is 8.55. The van der Waals surface area contributed by atoms with E-state index >= 15 is 0 Å². The predicted octanol–water partition coefficient (Wildman–Crippen LogP) is -0.914. The first kappa shape index (κ1) is 16.3. The molecule has 0 radical (unpaired) electrons. The molecule has 84 valence electrons. The van der Waals surface area contributed by atoms with Gasteiger partial charge in [0.15, 0.2) is 0 Å². The van der Waals surface area contributed by atoms with Crippen LogP contribution in [0, 0.1) is 0 Å². The van der Waals surface area contributed by atoms with Gasteiger partial charge in [-0.25, -0.2) is 13.8 Å². The largest absolute Gasteiger partial charge is 1.00 e. The normalized spacial score (nSPS) is 11.2. The first-order valence-electron chi connectivity index (χ1n) is 3.88. The van der Waals surface area contributed by atoms with Crippen LogP contribution >= 0.6 is 0 Å². The van der Waals surface area contributed by atoms with Crippen molar-refractivity contribution < 1.29 is 77.8 Å². The van der Waals surface area contributed by atoms with Crippen LogP contribution in [-0.4, -0.2) is 19.1 Å². The molecule has 0 amide bonds. The van der Waals surface area contributed by atoms with E-state index in [1.54, 1.807) is 0 Å². The number of alkyl halides is 2. The van der Waals surface area contributed by atoms with Crippen LogP contribution in [0.3, 0.4) is 0 Å². The molecular weight excluding hydrogens is 259 g/mol. The number of methoxy groups -OCH3 is 1. The molecule has 0 saturated heterocycles. The Hall–Kier alpha value is 0.301. The quantitative estimate of drug-likeness (QED) is 0.521. The zero-order chi connectivity index (χ0) is 11.6. The van der Waals surface area contributed by atoms with Crippen molar-refractivity contribution >= 4 is 12.4 Å². The first-order chi connectivity index (χ1) is 6.86. The molecule has 1 aromatic rings. The molecule has 1 aromatic heterocycles. The SMILES string of the molecule is COc1ncc([B-](F)(F)F)cc1C(F)F.[K+]. The van der Waals surface area contributed by atoms with Gasteiger partial charge in [-0.05, 0) is 0 Å². The Morgan fingerprint density at radius 3 is 2.25 bits per heavy atom. The van der Waals surface area contributed by atoms with E-state index < -0.39 is 30.3 Å². The van der Waals surface area contributed by atoms with Crippen LogP contribution in [0.25, 0.3) is 0 Å². The second-order valence-corrected chi connectivity index (χ2v) is 2.74. The van der Waals surface area contributed by atoms with Crippen molar-refractivity contribution in [1.29, 1.82) is 0 Å². The molecule has 9 heteroatoms. The van der Waals surface area contributed by atoms with Gasteiger partial charge in [0.05, 0.1) is 12.7 Å². The van der Waals surface area contributed by atoms with Crippen LogP contribution in [0.5, 0.6) is 5.88 Å². The van der Waals surface area contributed by atoms with E-state index in [9.17, 15) is 21.7 Å². The zero-order valence-corrected chi connectivity index (χ0v) is 11.7. The van der Waals surface area contributed by atoms with Gasteiger partial charge in [-0.2, -0.15) is 0 Å². The Kier molecular flexibility index (Phi) is 6.41. The summed E-state index contributed by atoms with van der Waals surface area (Å²) in [5.41, 5.74) is -2.01. The number of aromatic nitrogens is 1. The van der Waals surface area contributed by atoms with Gasteiger partial charge < -0.3 is 17.7 Å². The van der Waals surface area contributed by atoms with E-state index in [-0.39, 0.29) is 51.4 Å². The molecule has 16 heavy (non-hydrogen) atoms. The Morgan fingerprint density at radius 2 is 1.88 bits per heavy atom. The van der Waals surface area contributed by atoms with E-state index in [4.69, 9.17) is 0 Å². The average molecular weight is 265 g/mol. The summed E-state index contributed by atoms with van der Waals surface area (Å²) in [5.74, 6) is -0.492. The van der Waals surface area contributed by atoms with Crippen LogP contribution in [0.15, 0.2) is 12.3 Å². The molecule has 0 saturated carbocycles. The molecule has 0 spiro atoms. The van der Waals surface area contributed by atoms with Gasteiger partial charge in [-0.1, -0.05) is 11.5 Å². The third-order valence-electron chi connectivity index (χ3n) is 1.71. The summed E-state index contributed by atoms with van der Waals surface area (Å²) in [4.78, 5) is 3.18. The van der Waals surface area contributed by atoms with Crippen molar-refractivity contribution in [2.45, 2.75) is 6.43 Å². The summed E-state index contributed by atoms with van der Waals surface area (Å²) < 4.78 is 65.6. The molecule has 1 heterocycles.